The van der Waals surface area contributed by atoms with Crippen LogP contribution < -0.4 is 11.1 Å². The van der Waals surface area contributed by atoms with E-state index in [-0.39, 0.29) is 11.8 Å². The number of benzene rings is 2. The molecule has 0 aliphatic heterocycles. The van der Waals surface area contributed by atoms with Crippen molar-refractivity contribution in [2.75, 3.05) is 11.1 Å². The van der Waals surface area contributed by atoms with Crippen LogP contribution in [0.25, 0.3) is 22.2 Å². The van der Waals surface area contributed by atoms with Crippen molar-refractivity contribution in [2.45, 2.75) is 44.2 Å². The highest BCUT2D eigenvalue weighted by atomic mass is 19.4. The molecule has 186 valence electrons. The third-order valence-corrected chi connectivity index (χ3v) is 6.81. The molecule has 1 fully saturated rings. The fourth-order valence-corrected chi connectivity index (χ4v) is 4.57. The number of hydrogen-bond donors (Lipinski definition) is 2. The van der Waals surface area contributed by atoms with Gasteiger partial charge in [-0.15, -0.1) is 0 Å². The van der Waals surface area contributed by atoms with E-state index in [1.165, 1.54) is 6.07 Å². The fourth-order valence-electron chi connectivity index (χ4n) is 4.57. The smallest absolute Gasteiger partial charge is 0.382 e. The average molecular weight is 494 g/mol. The number of nitrogens with zero attached hydrogens (tertiary/aromatic N) is 3. The summed E-state index contributed by atoms with van der Waals surface area (Å²) in [6.45, 7) is 4.13. The number of nitrogens with one attached hydrogen (secondary N) is 1. The Morgan fingerprint density at radius 1 is 1.11 bits per heavy atom. The zero-order valence-corrected chi connectivity index (χ0v) is 20.1. The van der Waals surface area contributed by atoms with Crippen molar-refractivity contribution in [2.24, 2.45) is 7.05 Å². The number of nitrogen functional groups attached to an aromatic ring is 1. The predicted molar refractivity (Wildman–Crippen MR) is 133 cm³/mol. The molecule has 2 aromatic carbocycles. The number of halogens is 3. The summed E-state index contributed by atoms with van der Waals surface area (Å²) >= 11 is 0. The largest absolute Gasteiger partial charge is 0.416 e. The molecule has 0 bridgehead atoms. The highest BCUT2D eigenvalue weighted by Crippen LogP contribution is 2.50. The van der Waals surface area contributed by atoms with Gasteiger partial charge >= 0.3 is 6.18 Å². The molecule has 0 atom stereocenters. The topological polar surface area (TPSA) is 85.8 Å². The van der Waals surface area contributed by atoms with Crippen molar-refractivity contribution >= 4 is 28.4 Å². The number of alkyl halides is 3. The molecule has 2 aromatic heterocycles. The molecule has 9 heteroatoms. The highest BCUT2D eigenvalue weighted by Gasteiger charge is 2.51. The number of hydrogen-bond acceptors (Lipinski definition) is 4. The van der Waals surface area contributed by atoms with Crippen LogP contribution in [0.5, 0.6) is 0 Å². The fraction of sp³-hybridized carbons (Fsp3) is 0.296. The van der Waals surface area contributed by atoms with Crippen molar-refractivity contribution in [3.63, 3.8) is 0 Å². The minimum atomic E-state index is -4.45. The van der Waals surface area contributed by atoms with Gasteiger partial charge in [0.1, 0.15) is 0 Å². The lowest BCUT2D eigenvalue weighted by Crippen LogP contribution is -2.28. The molecule has 0 spiro atoms. The van der Waals surface area contributed by atoms with Crippen LogP contribution in [0, 0.1) is 0 Å². The number of anilines is 2. The van der Waals surface area contributed by atoms with E-state index in [9.17, 15) is 18.0 Å². The molecule has 0 radical (unpaired) electrons. The van der Waals surface area contributed by atoms with E-state index in [2.05, 4.69) is 24.3 Å². The first kappa shape index (κ1) is 23.8. The standard InChI is InChI=1S/C27H26F3N5O/c1-15(2)21-14-20(22-23(31)34-35(3)24(22)33-21)16-7-9-19(10-8-16)32-25(36)26(11-12-26)17-5-4-6-18(13-17)27(28,29)30/h4-10,13-15H,11-12H2,1-3H3,(H2,31,34)(H,32,36). The summed E-state index contributed by atoms with van der Waals surface area (Å²) in [5.41, 5.74) is 8.85. The summed E-state index contributed by atoms with van der Waals surface area (Å²) in [7, 11) is 1.80. The van der Waals surface area contributed by atoms with E-state index >= 15 is 0 Å². The molecule has 36 heavy (non-hydrogen) atoms. The SMILES string of the molecule is CC(C)c1cc(-c2ccc(NC(=O)C3(c4cccc(C(F)(F)F)c4)CC3)cc2)c2c(N)nn(C)c2n1. The number of aryl methyl sites for hydroxylation is 1. The van der Waals surface area contributed by atoms with Crippen LogP contribution in [-0.2, 0) is 23.4 Å². The second-order valence-corrected chi connectivity index (χ2v) is 9.65. The van der Waals surface area contributed by atoms with E-state index in [1.54, 1.807) is 29.9 Å². The number of fused-ring (bicyclic) bond motifs is 1. The van der Waals surface area contributed by atoms with Gasteiger partial charge in [0, 0.05) is 18.4 Å². The van der Waals surface area contributed by atoms with Gasteiger partial charge in [-0.1, -0.05) is 44.2 Å². The van der Waals surface area contributed by atoms with Crippen LogP contribution >= 0.6 is 0 Å². The minimum Gasteiger partial charge on any atom is -0.382 e. The van der Waals surface area contributed by atoms with Crippen LogP contribution in [0.4, 0.5) is 24.7 Å². The number of carbonyl (C=O) groups excluding carboxylic acids is 1. The maximum absolute atomic E-state index is 13.2. The number of aromatic nitrogens is 3. The summed E-state index contributed by atoms with van der Waals surface area (Å²) in [5.74, 6) is 0.285. The molecule has 6 nitrogen and oxygen atoms in total. The summed E-state index contributed by atoms with van der Waals surface area (Å²) in [6.07, 6.45) is -3.44. The van der Waals surface area contributed by atoms with E-state index in [0.29, 0.717) is 35.6 Å². The van der Waals surface area contributed by atoms with Crippen LogP contribution in [-0.4, -0.2) is 20.7 Å². The quantitative estimate of drug-likeness (QED) is 0.355. The van der Waals surface area contributed by atoms with Gasteiger partial charge in [-0.25, -0.2) is 9.67 Å². The van der Waals surface area contributed by atoms with E-state index in [0.717, 1.165) is 34.3 Å². The van der Waals surface area contributed by atoms with E-state index in [4.69, 9.17) is 10.7 Å². The number of amides is 1. The molecule has 1 aliphatic rings. The number of rotatable bonds is 5. The maximum Gasteiger partial charge on any atom is 0.416 e. The van der Waals surface area contributed by atoms with Crippen molar-refractivity contribution in [3.05, 3.63) is 71.4 Å². The van der Waals surface area contributed by atoms with Gasteiger partial charge in [-0.05, 0) is 59.7 Å². The molecular weight excluding hydrogens is 467 g/mol. The molecule has 1 saturated carbocycles. The molecule has 4 aromatic rings. The van der Waals surface area contributed by atoms with Crippen LogP contribution in [0.1, 0.15) is 49.4 Å². The Bertz CT molecular complexity index is 1470. The van der Waals surface area contributed by atoms with Crippen molar-refractivity contribution in [3.8, 4) is 11.1 Å². The molecule has 0 saturated heterocycles. The predicted octanol–water partition coefficient (Wildman–Crippen LogP) is 6.03. The second-order valence-electron chi connectivity index (χ2n) is 9.65. The van der Waals surface area contributed by atoms with Gasteiger partial charge in [-0.3, -0.25) is 4.79 Å². The highest BCUT2D eigenvalue weighted by molar-refractivity contribution is 6.03. The van der Waals surface area contributed by atoms with E-state index < -0.39 is 17.2 Å². The summed E-state index contributed by atoms with van der Waals surface area (Å²) in [6, 6.07) is 14.4. The molecule has 5 rings (SSSR count). The van der Waals surface area contributed by atoms with Crippen molar-refractivity contribution < 1.29 is 18.0 Å². The van der Waals surface area contributed by atoms with Gasteiger partial charge < -0.3 is 11.1 Å². The second kappa shape index (κ2) is 8.36. The normalized spacial score (nSPS) is 14.9. The van der Waals surface area contributed by atoms with Crippen LogP contribution in [0.15, 0.2) is 54.6 Å². The lowest BCUT2D eigenvalue weighted by atomic mass is 9.93. The Labute approximate surface area is 206 Å². The van der Waals surface area contributed by atoms with Crippen molar-refractivity contribution in [1.29, 1.82) is 0 Å². The van der Waals surface area contributed by atoms with Gasteiger partial charge in [0.25, 0.3) is 0 Å². The first-order chi connectivity index (χ1) is 17.0. The Morgan fingerprint density at radius 2 is 1.81 bits per heavy atom. The van der Waals surface area contributed by atoms with Crippen LogP contribution in [0.2, 0.25) is 0 Å². The van der Waals surface area contributed by atoms with Crippen LogP contribution in [0.3, 0.4) is 0 Å². The number of nitrogens with two attached hydrogens (primary N) is 1. The molecular formula is C27H26F3N5O. The minimum absolute atomic E-state index is 0.202. The molecule has 1 aliphatic carbocycles. The Balaban J connectivity index is 1.43. The third-order valence-electron chi connectivity index (χ3n) is 6.81. The zero-order chi connectivity index (χ0) is 25.8. The summed E-state index contributed by atoms with van der Waals surface area (Å²) in [5, 5.41) is 7.98. The van der Waals surface area contributed by atoms with Gasteiger partial charge in [0.05, 0.1) is 16.4 Å². The van der Waals surface area contributed by atoms with Gasteiger partial charge in [0.15, 0.2) is 11.5 Å². The first-order valence-corrected chi connectivity index (χ1v) is 11.7. The Morgan fingerprint density at radius 3 is 2.42 bits per heavy atom. The summed E-state index contributed by atoms with van der Waals surface area (Å²) < 4.78 is 41.2. The Kier molecular flexibility index (Phi) is 5.54. The first-order valence-electron chi connectivity index (χ1n) is 11.7. The average Bonchev–Trinajstić information content (AvgIpc) is 3.60. The maximum atomic E-state index is 13.2. The van der Waals surface area contributed by atoms with Gasteiger partial charge in [-0.2, -0.15) is 18.3 Å². The Hall–Kier alpha value is -3.88. The molecule has 1 amide bonds. The third kappa shape index (κ3) is 4.08. The van der Waals surface area contributed by atoms with Gasteiger partial charge in [0.2, 0.25) is 5.91 Å². The number of carbonyl (C=O) groups is 1. The molecule has 3 N–H and O–H groups in total. The molecule has 0 unspecified atom stereocenters. The monoisotopic (exact) mass is 493 g/mol. The summed E-state index contributed by atoms with van der Waals surface area (Å²) in [4.78, 5) is 17.8. The number of pyridine rings is 1. The lowest BCUT2D eigenvalue weighted by Gasteiger charge is -2.18. The lowest BCUT2D eigenvalue weighted by molar-refractivity contribution is -0.137. The van der Waals surface area contributed by atoms with E-state index in [1.807, 2.05) is 18.2 Å². The molecule has 2 heterocycles. The van der Waals surface area contributed by atoms with Crippen molar-refractivity contribution in [1.82, 2.24) is 14.8 Å². The zero-order valence-electron chi connectivity index (χ0n) is 20.1.